The molecule has 0 heterocycles. The van der Waals surface area contributed by atoms with Crippen molar-refractivity contribution >= 4 is 69.8 Å². The van der Waals surface area contributed by atoms with Crippen LogP contribution in [0.1, 0.15) is 6.92 Å². The van der Waals surface area contributed by atoms with Gasteiger partial charge in [0.25, 0.3) is 19.1 Å². The molecule has 0 unspecified atom stereocenters. The molecule has 12 nitrogen and oxygen atoms in total. The number of azo groups is 1. The summed E-state index contributed by atoms with van der Waals surface area (Å²) in [6.45, 7) is 1.24. The van der Waals surface area contributed by atoms with Gasteiger partial charge >= 0.3 is 0 Å². The van der Waals surface area contributed by atoms with Crippen molar-refractivity contribution in [2.45, 2.75) is 16.7 Å². The topological polar surface area (TPSA) is 167 Å². The summed E-state index contributed by atoms with van der Waals surface area (Å²) in [5.74, 6) is -0.635. The highest BCUT2D eigenvalue weighted by atomic mass is 35.7. The van der Waals surface area contributed by atoms with Crippen molar-refractivity contribution in [1.29, 1.82) is 0 Å². The SMILES string of the molecule is COc1ccc(S(=O)(=O)N=CN(C)C)cc1N=Nc1ccc(O)c2c(NC(C)=O)ccc(S(=O)(=O)Cl)c12. The Balaban J connectivity index is 2.25. The van der Waals surface area contributed by atoms with E-state index in [1.54, 1.807) is 14.1 Å². The molecule has 3 aromatic carbocycles. The molecule has 0 aliphatic heterocycles. The molecule has 3 aromatic rings. The van der Waals surface area contributed by atoms with Gasteiger partial charge in [-0.05, 0) is 42.5 Å². The molecule has 0 bridgehead atoms. The summed E-state index contributed by atoms with van der Waals surface area (Å²) < 4.78 is 58.6. The molecular weight excluding hydrogens is 546 g/mol. The molecule has 1 amide bonds. The first-order valence-electron chi connectivity index (χ1n) is 10.3. The number of phenolic OH excluding ortho intramolecular Hbond substituents is 1. The number of nitrogens with zero attached hydrogens (tertiary/aromatic N) is 4. The summed E-state index contributed by atoms with van der Waals surface area (Å²) in [7, 11) is 1.81. The summed E-state index contributed by atoms with van der Waals surface area (Å²) in [5.41, 5.74) is 0.0730. The Bertz CT molecular complexity index is 1650. The number of ether oxygens (including phenoxy) is 1. The number of halogens is 1. The van der Waals surface area contributed by atoms with E-state index in [9.17, 15) is 26.7 Å². The van der Waals surface area contributed by atoms with Crippen molar-refractivity contribution in [3.05, 3.63) is 42.5 Å². The minimum Gasteiger partial charge on any atom is -0.507 e. The molecular formula is C22H22ClN5O7S2. The van der Waals surface area contributed by atoms with Gasteiger partial charge in [-0.3, -0.25) is 4.79 Å². The van der Waals surface area contributed by atoms with Gasteiger partial charge in [-0.25, -0.2) is 8.42 Å². The highest BCUT2D eigenvalue weighted by Gasteiger charge is 2.22. The van der Waals surface area contributed by atoms with E-state index in [0.29, 0.717) is 0 Å². The molecule has 37 heavy (non-hydrogen) atoms. The summed E-state index contributed by atoms with van der Waals surface area (Å²) in [5, 5.41) is 21.1. The molecule has 0 saturated heterocycles. The van der Waals surface area contributed by atoms with Gasteiger partial charge in [-0.2, -0.15) is 8.42 Å². The van der Waals surface area contributed by atoms with E-state index in [4.69, 9.17) is 15.4 Å². The molecule has 0 atom stereocenters. The number of carbonyl (C=O) groups excluding carboxylic acids is 1. The molecule has 0 aliphatic carbocycles. The van der Waals surface area contributed by atoms with Gasteiger partial charge in [0.2, 0.25) is 5.91 Å². The fraction of sp³-hybridized carbons (Fsp3) is 0.182. The number of benzene rings is 3. The van der Waals surface area contributed by atoms with Gasteiger partial charge in [0, 0.05) is 37.1 Å². The number of anilines is 1. The number of hydrogen-bond acceptors (Lipinski definition) is 9. The van der Waals surface area contributed by atoms with E-state index >= 15 is 0 Å². The van der Waals surface area contributed by atoms with Crippen LogP contribution in [0.15, 0.2) is 66.9 Å². The summed E-state index contributed by atoms with van der Waals surface area (Å²) in [6.07, 6.45) is 1.13. The monoisotopic (exact) mass is 567 g/mol. The minimum absolute atomic E-state index is 0.00171. The quantitative estimate of drug-likeness (QED) is 0.177. The van der Waals surface area contributed by atoms with Crippen molar-refractivity contribution < 1.29 is 31.5 Å². The number of methoxy groups -OCH3 is 1. The second-order valence-corrected chi connectivity index (χ2v) is 11.9. The molecule has 0 spiro atoms. The smallest absolute Gasteiger partial charge is 0.283 e. The summed E-state index contributed by atoms with van der Waals surface area (Å²) in [4.78, 5) is 12.5. The molecule has 0 saturated carbocycles. The number of fused-ring (bicyclic) bond motifs is 1. The third kappa shape index (κ3) is 6.34. The van der Waals surface area contributed by atoms with E-state index in [2.05, 4.69) is 19.9 Å². The van der Waals surface area contributed by atoms with E-state index < -0.39 is 25.0 Å². The molecule has 3 rings (SSSR count). The van der Waals surface area contributed by atoms with Crippen LogP contribution in [0.3, 0.4) is 0 Å². The lowest BCUT2D eigenvalue weighted by atomic mass is 10.1. The van der Waals surface area contributed by atoms with Gasteiger partial charge in [-0.15, -0.1) is 14.6 Å². The maximum Gasteiger partial charge on any atom is 0.283 e. The minimum atomic E-state index is -4.33. The number of hydrogen-bond donors (Lipinski definition) is 2. The van der Waals surface area contributed by atoms with Crippen molar-refractivity contribution in [3.63, 3.8) is 0 Å². The van der Waals surface area contributed by atoms with Gasteiger partial charge in [0.15, 0.2) is 0 Å². The molecule has 15 heteroatoms. The van der Waals surface area contributed by atoms with E-state index in [1.807, 2.05) is 0 Å². The number of phenols is 1. The zero-order chi connectivity index (χ0) is 27.5. The maximum atomic E-state index is 12.6. The molecule has 0 radical (unpaired) electrons. The van der Waals surface area contributed by atoms with Crippen LogP contribution in [0, 0.1) is 0 Å². The number of amides is 1. The number of rotatable bonds is 8. The fourth-order valence-corrected chi connectivity index (χ4v) is 5.24. The second-order valence-electron chi connectivity index (χ2n) is 7.78. The van der Waals surface area contributed by atoms with Crippen LogP contribution in [0.25, 0.3) is 10.8 Å². The Labute approximate surface area is 217 Å². The van der Waals surface area contributed by atoms with Crippen LogP contribution >= 0.6 is 10.7 Å². The lowest BCUT2D eigenvalue weighted by Gasteiger charge is -2.13. The summed E-state index contributed by atoms with van der Waals surface area (Å²) >= 11 is 0. The predicted octanol–water partition coefficient (Wildman–Crippen LogP) is 4.13. The van der Waals surface area contributed by atoms with Crippen LogP contribution in [0.4, 0.5) is 17.1 Å². The molecule has 0 aromatic heterocycles. The van der Waals surface area contributed by atoms with Gasteiger partial charge in [0.1, 0.15) is 23.5 Å². The third-order valence-corrected chi connectivity index (χ3v) is 7.37. The first-order chi connectivity index (χ1) is 17.2. The molecule has 2 N–H and O–H groups in total. The molecule has 0 aliphatic rings. The van der Waals surface area contributed by atoms with Crippen LogP contribution in [0.5, 0.6) is 11.5 Å². The number of nitrogens with one attached hydrogen (secondary N) is 1. The van der Waals surface area contributed by atoms with Gasteiger partial charge < -0.3 is 20.1 Å². The van der Waals surface area contributed by atoms with Crippen molar-refractivity contribution in [2.24, 2.45) is 14.6 Å². The highest BCUT2D eigenvalue weighted by Crippen LogP contribution is 2.43. The van der Waals surface area contributed by atoms with Crippen molar-refractivity contribution in [3.8, 4) is 11.5 Å². The van der Waals surface area contributed by atoms with Crippen LogP contribution in [-0.2, 0) is 23.9 Å². The zero-order valence-corrected chi connectivity index (χ0v) is 22.4. The Morgan fingerprint density at radius 2 is 1.70 bits per heavy atom. The van der Waals surface area contributed by atoms with E-state index in [1.165, 1.54) is 55.3 Å². The van der Waals surface area contributed by atoms with Gasteiger partial charge in [-0.1, -0.05) is 0 Å². The van der Waals surface area contributed by atoms with Gasteiger partial charge in [0.05, 0.1) is 33.7 Å². The van der Waals surface area contributed by atoms with Crippen molar-refractivity contribution in [2.75, 3.05) is 26.5 Å². The molecule has 0 fully saturated rings. The van der Waals surface area contributed by atoms with Crippen LogP contribution in [0.2, 0.25) is 0 Å². The number of carbonyl (C=O) groups is 1. The second kappa shape index (κ2) is 10.7. The third-order valence-electron chi connectivity index (χ3n) is 4.78. The maximum absolute atomic E-state index is 12.6. The first kappa shape index (κ1) is 27.8. The Morgan fingerprint density at radius 3 is 2.30 bits per heavy atom. The largest absolute Gasteiger partial charge is 0.507 e. The van der Waals surface area contributed by atoms with Crippen LogP contribution in [-0.4, -0.2) is 60.3 Å². The fourth-order valence-electron chi connectivity index (χ4n) is 3.24. The lowest BCUT2D eigenvalue weighted by molar-refractivity contribution is -0.114. The number of aromatic hydroxyl groups is 1. The lowest BCUT2D eigenvalue weighted by Crippen LogP contribution is -2.10. The first-order valence-corrected chi connectivity index (χ1v) is 14.1. The van der Waals surface area contributed by atoms with Crippen molar-refractivity contribution in [1.82, 2.24) is 4.90 Å². The van der Waals surface area contributed by atoms with E-state index in [0.717, 1.165) is 12.4 Å². The predicted molar refractivity (Wildman–Crippen MR) is 139 cm³/mol. The normalized spacial score (nSPS) is 12.4. The Kier molecular flexibility index (Phi) is 8.05. The molecule has 196 valence electrons. The Morgan fingerprint density at radius 1 is 1.03 bits per heavy atom. The summed E-state index contributed by atoms with van der Waals surface area (Å²) in [6, 6.07) is 8.81. The standard InChI is InChI=1S/C22H22ClN5O7S2/c1-13(29)25-15-7-10-20(36(23,31)32)22-16(6-8-18(30)21(15)22)26-27-17-11-14(5-9-19(17)35-4)37(33,34)24-12-28(2)3/h5-12,30H,1-4H3,(H,25,29). The average Bonchev–Trinajstić information content (AvgIpc) is 2.81. The zero-order valence-electron chi connectivity index (χ0n) is 20.0. The Hall–Kier alpha value is -3.75. The number of sulfonamides is 1. The highest BCUT2D eigenvalue weighted by molar-refractivity contribution is 8.14. The van der Waals surface area contributed by atoms with Crippen LogP contribution < -0.4 is 10.1 Å². The van der Waals surface area contributed by atoms with E-state index in [-0.39, 0.29) is 49.1 Å². The average molecular weight is 568 g/mol.